The van der Waals surface area contributed by atoms with E-state index in [0.717, 1.165) is 37.4 Å². The molecule has 1 aliphatic heterocycles. The fourth-order valence-electron chi connectivity index (χ4n) is 5.11. The van der Waals surface area contributed by atoms with E-state index in [1.54, 1.807) is 12.5 Å². The van der Waals surface area contributed by atoms with Crippen LogP contribution in [0.3, 0.4) is 0 Å². The second kappa shape index (κ2) is 7.46. The quantitative estimate of drug-likeness (QED) is 0.706. The van der Waals surface area contributed by atoms with Crippen molar-refractivity contribution in [3.8, 4) is 0 Å². The number of benzene rings is 1. The lowest BCUT2D eigenvalue weighted by Gasteiger charge is -2.59. The van der Waals surface area contributed by atoms with Crippen LogP contribution in [-0.2, 0) is 10.8 Å². The van der Waals surface area contributed by atoms with Gasteiger partial charge in [0, 0.05) is 29.8 Å². The Bertz CT molecular complexity index is 960. The first kappa shape index (κ1) is 20.2. The summed E-state index contributed by atoms with van der Waals surface area (Å²) in [5, 5.41) is 14.0. The summed E-state index contributed by atoms with van der Waals surface area (Å²) in [6.45, 7) is 1.97. The van der Waals surface area contributed by atoms with E-state index in [1.807, 2.05) is 12.1 Å². The number of nitrogens with one attached hydrogen (secondary N) is 1. The third-order valence-electron chi connectivity index (χ3n) is 7.08. The third-order valence-corrected chi connectivity index (χ3v) is 8.25. The molecule has 1 aromatic carbocycles. The Labute approximate surface area is 184 Å². The first-order valence-electron chi connectivity index (χ1n) is 10.5. The van der Waals surface area contributed by atoms with Crippen molar-refractivity contribution >= 4 is 34.2 Å². The Morgan fingerprint density at radius 2 is 1.97 bits per heavy atom. The second-order valence-corrected chi connectivity index (χ2v) is 11.1. The van der Waals surface area contributed by atoms with Gasteiger partial charge in [0.25, 0.3) is 0 Å². The minimum atomic E-state index is -1.19. The molecule has 0 radical (unpaired) electrons. The van der Waals surface area contributed by atoms with Gasteiger partial charge in [-0.05, 0) is 55.7 Å². The highest BCUT2D eigenvalue weighted by atomic mass is 35.5. The standard InChI is InChI=1S/C22H27ClN4O2S/c1-30(29)18-11-24-20(25-19(18)26-22(14-28)7-2-8-22)27-12-21(13-27)9-16(10-21)15-3-5-17(23)6-4-15/h3-6,11,16,28H,2,7-10,12-14H2,1H3,(H,24,25,26)/t30-/m1/s1. The van der Waals surface area contributed by atoms with E-state index >= 15 is 0 Å². The lowest BCUT2D eigenvalue weighted by atomic mass is 9.56. The molecule has 3 aliphatic rings. The minimum Gasteiger partial charge on any atom is -0.394 e. The van der Waals surface area contributed by atoms with Crippen LogP contribution in [-0.4, -0.2) is 50.8 Å². The maximum Gasteiger partial charge on any atom is 0.227 e. The van der Waals surface area contributed by atoms with Crippen LogP contribution >= 0.6 is 11.6 Å². The summed E-state index contributed by atoms with van der Waals surface area (Å²) in [6, 6.07) is 8.21. The van der Waals surface area contributed by atoms with Crippen LogP contribution < -0.4 is 10.2 Å². The van der Waals surface area contributed by atoms with Gasteiger partial charge in [0.15, 0.2) is 0 Å². The molecule has 6 nitrogen and oxygen atoms in total. The molecule has 8 heteroatoms. The van der Waals surface area contributed by atoms with Gasteiger partial charge in [-0.1, -0.05) is 23.7 Å². The van der Waals surface area contributed by atoms with Gasteiger partial charge in [-0.15, -0.1) is 0 Å². The van der Waals surface area contributed by atoms with Gasteiger partial charge in [0.2, 0.25) is 5.95 Å². The molecule has 2 aromatic rings. The molecule has 30 heavy (non-hydrogen) atoms. The summed E-state index contributed by atoms with van der Waals surface area (Å²) < 4.78 is 12.2. The Morgan fingerprint density at radius 3 is 2.53 bits per heavy atom. The zero-order chi connectivity index (χ0) is 20.9. The minimum absolute atomic E-state index is 0.0566. The van der Waals surface area contributed by atoms with Crippen molar-refractivity contribution in [2.45, 2.75) is 48.5 Å². The molecule has 5 rings (SSSR count). The normalized spacial score (nSPS) is 22.7. The number of nitrogens with zero attached hydrogens (tertiary/aromatic N) is 3. The molecule has 1 spiro atoms. The van der Waals surface area contributed by atoms with E-state index in [-0.39, 0.29) is 12.1 Å². The predicted molar refractivity (Wildman–Crippen MR) is 120 cm³/mol. The molecule has 160 valence electrons. The smallest absolute Gasteiger partial charge is 0.227 e. The maximum absolute atomic E-state index is 12.2. The lowest BCUT2D eigenvalue weighted by molar-refractivity contribution is 0.0620. The van der Waals surface area contributed by atoms with Crippen molar-refractivity contribution < 1.29 is 9.32 Å². The summed E-state index contributed by atoms with van der Waals surface area (Å²) in [6.07, 6.45) is 8.56. The number of anilines is 2. The van der Waals surface area contributed by atoms with Gasteiger partial charge in [0.1, 0.15) is 5.82 Å². The van der Waals surface area contributed by atoms with E-state index in [9.17, 15) is 9.32 Å². The van der Waals surface area contributed by atoms with Crippen LogP contribution in [0.2, 0.25) is 5.02 Å². The lowest BCUT2D eigenvalue weighted by Crippen LogP contribution is -2.62. The number of halogens is 1. The molecule has 2 N–H and O–H groups in total. The Balaban J connectivity index is 1.26. The van der Waals surface area contributed by atoms with E-state index < -0.39 is 10.8 Å². The molecule has 2 saturated carbocycles. The van der Waals surface area contributed by atoms with Crippen molar-refractivity contribution in [1.82, 2.24) is 9.97 Å². The van der Waals surface area contributed by atoms with Crippen molar-refractivity contribution in [3.63, 3.8) is 0 Å². The molecule has 0 bridgehead atoms. The molecule has 0 unspecified atom stereocenters. The summed E-state index contributed by atoms with van der Waals surface area (Å²) in [4.78, 5) is 12.0. The topological polar surface area (TPSA) is 78.4 Å². The first-order chi connectivity index (χ1) is 14.4. The number of hydrogen-bond acceptors (Lipinski definition) is 6. The summed E-state index contributed by atoms with van der Waals surface area (Å²) >= 11 is 6.01. The fourth-order valence-corrected chi connectivity index (χ4v) is 5.81. The van der Waals surface area contributed by atoms with Gasteiger partial charge in [0.05, 0.1) is 34.0 Å². The largest absolute Gasteiger partial charge is 0.394 e. The number of hydrogen-bond donors (Lipinski definition) is 2. The second-order valence-electron chi connectivity index (χ2n) is 9.27. The highest BCUT2D eigenvalue weighted by molar-refractivity contribution is 7.84. The molecular weight excluding hydrogens is 420 g/mol. The molecule has 2 aliphatic carbocycles. The van der Waals surface area contributed by atoms with Crippen LogP contribution in [0, 0.1) is 5.41 Å². The van der Waals surface area contributed by atoms with Gasteiger partial charge in [-0.3, -0.25) is 4.21 Å². The number of rotatable bonds is 6. The number of aliphatic hydroxyl groups excluding tert-OH is 1. The van der Waals surface area contributed by atoms with Gasteiger partial charge < -0.3 is 15.3 Å². The molecule has 0 amide bonds. The van der Waals surface area contributed by atoms with E-state index in [1.165, 1.54) is 18.4 Å². The molecule has 1 saturated heterocycles. The monoisotopic (exact) mass is 446 g/mol. The van der Waals surface area contributed by atoms with Gasteiger partial charge >= 0.3 is 0 Å². The summed E-state index contributed by atoms with van der Waals surface area (Å²) in [7, 11) is -1.19. The van der Waals surface area contributed by atoms with E-state index in [0.29, 0.717) is 28.0 Å². The average Bonchev–Trinajstić information content (AvgIpc) is 2.64. The molecular formula is C22H27ClN4O2S. The van der Waals surface area contributed by atoms with Crippen molar-refractivity contribution in [2.75, 3.05) is 36.2 Å². The van der Waals surface area contributed by atoms with Crippen molar-refractivity contribution in [2.24, 2.45) is 5.41 Å². The Hall–Kier alpha value is -1.70. The van der Waals surface area contributed by atoms with Crippen LogP contribution in [0.1, 0.15) is 43.6 Å². The van der Waals surface area contributed by atoms with Crippen molar-refractivity contribution in [1.29, 1.82) is 0 Å². The average molecular weight is 447 g/mol. The zero-order valence-corrected chi connectivity index (χ0v) is 18.7. The number of aromatic nitrogens is 2. The first-order valence-corrected chi connectivity index (χ1v) is 12.4. The van der Waals surface area contributed by atoms with Gasteiger partial charge in [-0.25, -0.2) is 4.98 Å². The van der Waals surface area contributed by atoms with Crippen molar-refractivity contribution in [3.05, 3.63) is 41.0 Å². The van der Waals surface area contributed by atoms with Crippen LogP contribution in [0.15, 0.2) is 35.4 Å². The SMILES string of the molecule is C[S@@](=O)c1cnc(N2CC3(CC(c4ccc(Cl)cc4)C3)C2)nc1NC1(CO)CCC1. The molecule has 3 fully saturated rings. The highest BCUT2D eigenvalue weighted by Gasteiger charge is 2.53. The Kier molecular flexibility index (Phi) is 5.03. The van der Waals surface area contributed by atoms with E-state index in [4.69, 9.17) is 16.6 Å². The summed E-state index contributed by atoms with van der Waals surface area (Å²) in [5.74, 6) is 1.89. The molecule has 1 aromatic heterocycles. The van der Waals surface area contributed by atoms with E-state index in [2.05, 4.69) is 27.3 Å². The molecule has 2 heterocycles. The summed E-state index contributed by atoms with van der Waals surface area (Å²) in [5.41, 5.74) is 1.39. The maximum atomic E-state index is 12.2. The van der Waals surface area contributed by atoms with Crippen LogP contribution in [0.25, 0.3) is 0 Å². The Morgan fingerprint density at radius 1 is 1.27 bits per heavy atom. The number of aliphatic hydroxyl groups is 1. The predicted octanol–water partition coefficient (Wildman–Crippen LogP) is 3.58. The van der Waals surface area contributed by atoms with Crippen LogP contribution in [0.5, 0.6) is 0 Å². The zero-order valence-electron chi connectivity index (χ0n) is 17.1. The highest BCUT2D eigenvalue weighted by Crippen LogP contribution is 2.56. The van der Waals surface area contributed by atoms with Gasteiger partial charge in [-0.2, -0.15) is 4.98 Å². The van der Waals surface area contributed by atoms with Crippen LogP contribution in [0.4, 0.5) is 11.8 Å². The fraction of sp³-hybridized carbons (Fsp3) is 0.545. The molecule has 1 atom stereocenters. The third kappa shape index (κ3) is 3.51.